The predicted octanol–water partition coefficient (Wildman–Crippen LogP) is 4.03. The molecule has 0 amide bonds. The molecule has 0 aliphatic heterocycles. The Morgan fingerprint density at radius 3 is 2.67 bits per heavy atom. The summed E-state index contributed by atoms with van der Waals surface area (Å²) in [6.07, 6.45) is 2.85. The lowest BCUT2D eigenvalue weighted by Crippen LogP contribution is -2.38. The molecule has 2 N–H and O–H groups in total. The van der Waals surface area contributed by atoms with Crippen LogP contribution in [0.3, 0.4) is 0 Å². The first-order chi connectivity index (χ1) is 11.0. The van der Waals surface area contributed by atoms with E-state index in [2.05, 4.69) is 27.5 Å². The lowest BCUT2D eigenvalue weighted by molar-refractivity contribution is 0.504. The summed E-state index contributed by atoms with van der Waals surface area (Å²) in [5.74, 6) is -1.12. The number of aromatic nitrogens is 1. The second-order valence-electron chi connectivity index (χ2n) is 5.04. The molecule has 0 saturated carbocycles. The minimum atomic E-state index is -0.853. The van der Waals surface area contributed by atoms with E-state index in [0.717, 1.165) is 17.5 Å². The van der Waals surface area contributed by atoms with Crippen LogP contribution in [0.25, 0.3) is 0 Å². The van der Waals surface area contributed by atoms with Crippen molar-refractivity contribution in [2.75, 3.05) is 7.05 Å². The maximum absolute atomic E-state index is 13.3. The Morgan fingerprint density at radius 2 is 2.08 bits per heavy atom. The predicted molar refractivity (Wildman–Crippen MR) is 105 cm³/mol. The SMILES string of the molecule is CCc1cnc(CNC(=NC)NC(C)c2ccc(F)c(F)c2)s1.I. The van der Waals surface area contributed by atoms with E-state index in [9.17, 15) is 8.78 Å². The van der Waals surface area contributed by atoms with Crippen LogP contribution in [0.1, 0.15) is 35.3 Å². The van der Waals surface area contributed by atoms with Crippen molar-refractivity contribution in [3.05, 3.63) is 51.5 Å². The van der Waals surface area contributed by atoms with Crippen molar-refractivity contribution in [2.45, 2.75) is 32.9 Å². The van der Waals surface area contributed by atoms with Gasteiger partial charge in [-0.3, -0.25) is 4.99 Å². The molecule has 1 unspecified atom stereocenters. The number of hydrogen-bond donors (Lipinski definition) is 2. The minimum absolute atomic E-state index is 0. The molecule has 1 heterocycles. The van der Waals surface area contributed by atoms with Crippen molar-refractivity contribution in [3.8, 4) is 0 Å². The fourth-order valence-corrected chi connectivity index (χ4v) is 2.82. The van der Waals surface area contributed by atoms with Gasteiger partial charge in [0.05, 0.1) is 12.6 Å². The Morgan fingerprint density at radius 1 is 1.33 bits per heavy atom. The van der Waals surface area contributed by atoms with Gasteiger partial charge in [-0.05, 0) is 31.0 Å². The summed E-state index contributed by atoms with van der Waals surface area (Å²) in [6, 6.07) is 3.66. The zero-order chi connectivity index (χ0) is 16.8. The molecule has 2 rings (SSSR count). The minimum Gasteiger partial charge on any atom is -0.350 e. The van der Waals surface area contributed by atoms with Crippen LogP contribution in [0.5, 0.6) is 0 Å². The fraction of sp³-hybridized carbons (Fsp3) is 0.375. The van der Waals surface area contributed by atoms with Crippen molar-refractivity contribution < 1.29 is 8.78 Å². The number of aryl methyl sites for hydroxylation is 1. The summed E-state index contributed by atoms with van der Waals surface area (Å²) in [7, 11) is 1.66. The number of guanidine groups is 1. The van der Waals surface area contributed by atoms with Crippen molar-refractivity contribution in [3.63, 3.8) is 0 Å². The molecular formula is C16H21F2IN4S. The Kier molecular flexibility index (Phi) is 8.54. The molecule has 0 spiro atoms. The van der Waals surface area contributed by atoms with Crippen molar-refractivity contribution in [2.24, 2.45) is 4.99 Å². The average Bonchev–Trinajstić information content (AvgIpc) is 3.01. The molecule has 0 bridgehead atoms. The first kappa shape index (κ1) is 20.8. The van der Waals surface area contributed by atoms with Crippen molar-refractivity contribution >= 4 is 41.3 Å². The summed E-state index contributed by atoms with van der Waals surface area (Å²) in [6.45, 7) is 4.52. The molecule has 1 aromatic heterocycles. The zero-order valence-electron chi connectivity index (χ0n) is 13.8. The van der Waals surface area contributed by atoms with Crippen LogP contribution in [-0.4, -0.2) is 18.0 Å². The van der Waals surface area contributed by atoms with Gasteiger partial charge in [-0.15, -0.1) is 35.3 Å². The smallest absolute Gasteiger partial charge is 0.191 e. The molecule has 1 atom stereocenters. The maximum atomic E-state index is 13.3. The number of thiazole rings is 1. The number of nitrogens with zero attached hydrogens (tertiary/aromatic N) is 2. The second-order valence-corrected chi connectivity index (χ2v) is 6.24. The zero-order valence-corrected chi connectivity index (χ0v) is 16.9. The van der Waals surface area contributed by atoms with Crippen LogP contribution < -0.4 is 10.6 Å². The summed E-state index contributed by atoms with van der Waals surface area (Å²) >= 11 is 1.66. The van der Waals surface area contributed by atoms with Crippen molar-refractivity contribution in [1.29, 1.82) is 0 Å². The molecule has 132 valence electrons. The van der Waals surface area contributed by atoms with Gasteiger partial charge in [0, 0.05) is 18.1 Å². The third-order valence-corrected chi connectivity index (χ3v) is 4.52. The maximum Gasteiger partial charge on any atom is 0.191 e. The van der Waals surface area contributed by atoms with Gasteiger partial charge in [-0.1, -0.05) is 13.0 Å². The van der Waals surface area contributed by atoms with Gasteiger partial charge in [0.2, 0.25) is 0 Å². The number of hydrogen-bond acceptors (Lipinski definition) is 3. The number of rotatable bonds is 5. The molecule has 0 aliphatic carbocycles. The Bertz CT molecular complexity index is 690. The van der Waals surface area contributed by atoms with Crippen molar-refractivity contribution in [1.82, 2.24) is 15.6 Å². The van der Waals surface area contributed by atoms with E-state index in [-0.39, 0.29) is 30.0 Å². The lowest BCUT2D eigenvalue weighted by atomic mass is 10.1. The molecule has 0 saturated heterocycles. The topological polar surface area (TPSA) is 49.3 Å². The molecule has 2 aromatic rings. The van der Waals surface area contributed by atoms with E-state index >= 15 is 0 Å². The Balaban J connectivity index is 0.00000288. The van der Waals surface area contributed by atoms with Gasteiger partial charge < -0.3 is 10.6 Å². The Hall–Kier alpha value is -1.29. The van der Waals surface area contributed by atoms with Gasteiger partial charge >= 0.3 is 0 Å². The van der Waals surface area contributed by atoms with E-state index in [1.807, 2.05) is 13.1 Å². The van der Waals surface area contributed by atoms with Gasteiger partial charge in [0.1, 0.15) is 5.01 Å². The third-order valence-electron chi connectivity index (χ3n) is 3.38. The van der Waals surface area contributed by atoms with E-state index in [1.165, 1.54) is 10.9 Å². The molecule has 0 radical (unpaired) electrons. The van der Waals surface area contributed by atoms with Gasteiger partial charge in [-0.25, -0.2) is 13.8 Å². The highest BCUT2D eigenvalue weighted by Crippen LogP contribution is 2.16. The van der Waals surface area contributed by atoms with Gasteiger partial charge in [0.15, 0.2) is 17.6 Å². The van der Waals surface area contributed by atoms with E-state index < -0.39 is 11.6 Å². The standard InChI is InChI=1S/C16H20F2N4S.HI/c1-4-12-8-20-15(23-12)9-21-16(19-3)22-10(2)11-5-6-13(17)14(18)7-11;/h5-8,10H,4,9H2,1-3H3,(H2,19,21,22);1H. The van der Waals surface area contributed by atoms with Crippen LogP contribution in [-0.2, 0) is 13.0 Å². The quantitative estimate of drug-likeness (QED) is 0.398. The third kappa shape index (κ3) is 5.66. The first-order valence-electron chi connectivity index (χ1n) is 7.39. The molecule has 8 heteroatoms. The summed E-state index contributed by atoms with van der Waals surface area (Å²) in [5, 5.41) is 7.29. The number of benzene rings is 1. The van der Waals surface area contributed by atoms with Gasteiger partial charge in [-0.2, -0.15) is 0 Å². The largest absolute Gasteiger partial charge is 0.350 e. The summed E-state index contributed by atoms with van der Waals surface area (Å²) < 4.78 is 26.3. The number of halogens is 3. The molecule has 1 aromatic carbocycles. The van der Waals surface area contributed by atoms with Gasteiger partial charge in [0.25, 0.3) is 0 Å². The second kappa shape index (κ2) is 9.87. The lowest BCUT2D eigenvalue weighted by Gasteiger charge is -2.18. The number of nitrogens with one attached hydrogen (secondary N) is 2. The molecule has 0 fully saturated rings. The highest BCUT2D eigenvalue weighted by atomic mass is 127. The normalized spacial score (nSPS) is 12.5. The van der Waals surface area contributed by atoms with Crippen LogP contribution in [0.15, 0.2) is 29.4 Å². The monoisotopic (exact) mass is 466 g/mol. The van der Waals surface area contributed by atoms with E-state index in [1.54, 1.807) is 24.5 Å². The molecule has 0 aliphatic rings. The van der Waals surface area contributed by atoms with Crippen LogP contribution in [0, 0.1) is 11.6 Å². The Labute approximate surface area is 161 Å². The van der Waals surface area contributed by atoms with Crippen LogP contribution >= 0.6 is 35.3 Å². The molecule has 4 nitrogen and oxygen atoms in total. The first-order valence-corrected chi connectivity index (χ1v) is 8.20. The summed E-state index contributed by atoms with van der Waals surface area (Å²) in [5.41, 5.74) is 0.648. The molecular weight excluding hydrogens is 445 g/mol. The number of aliphatic imine (C=N–C) groups is 1. The van der Waals surface area contributed by atoms with E-state index in [4.69, 9.17) is 0 Å². The molecule has 24 heavy (non-hydrogen) atoms. The van der Waals surface area contributed by atoms with Crippen LogP contribution in [0.2, 0.25) is 0 Å². The average molecular weight is 466 g/mol. The fourth-order valence-electron chi connectivity index (χ4n) is 2.02. The van der Waals surface area contributed by atoms with E-state index in [0.29, 0.717) is 18.1 Å². The summed E-state index contributed by atoms with van der Waals surface area (Å²) in [4.78, 5) is 9.71. The highest BCUT2D eigenvalue weighted by molar-refractivity contribution is 14.0. The highest BCUT2D eigenvalue weighted by Gasteiger charge is 2.11. The van der Waals surface area contributed by atoms with Crippen LogP contribution in [0.4, 0.5) is 8.78 Å².